The van der Waals surface area contributed by atoms with Crippen LogP contribution in [0.1, 0.15) is 51.8 Å². The van der Waals surface area contributed by atoms with E-state index < -0.39 is 10.8 Å². The molecular formula is C62H45N. The molecule has 0 amide bonds. The Balaban J connectivity index is 1.02. The highest BCUT2D eigenvalue weighted by Gasteiger charge is 2.56. The van der Waals surface area contributed by atoms with Crippen molar-refractivity contribution >= 4 is 17.1 Å². The van der Waals surface area contributed by atoms with Crippen LogP contribution in [0.5, 0.6) is 0 Å². The van der Waals surface area contributed by atoms with Crippen molar-refractivity contribution in [3.63, 3.8) is 0 Å². The Bertz CT molecular complexity index is 3120. The van der Waals surface area contributed by atoms with Crippen molar-refractivity contribution in [3.05, 3.63) is 293 Å². The second-order valence-electron chi connectivity index (χ2n) is 17.0. The van der Waals surface area contributed by atoms with Crippen LogP contribution in [0.4, 0.5) is 17.1 Å². The maximum atomic E-state index is 2.51. The maximum Gasteiger partial charge on any atom is 0.0720 e. The predicted octanol–water partition coefficient (Wildman–Crippen LogP) is 15.8. The number of nitrogens with zero attached hydrogens (tertiary/aromatic N) is 1. The van der Waals surface area contributed by atoms with E-state index in [2.05, 4.69) is 254 Å². The molecule has 0 saturated carbocycles. The third-order valence-corrected chi connectivity index (χ3v) is 13.8. The van der Waals surface area contributed by atoms with Gasteiger partial charge in [-0.05, 0) is 139 Å². The average Bonchev–Trinajstić information content (AvgIpc) is 3.66. The molecule has 9 aromatic rings. The van der Waals surface area contributed by atoms with E-state index in [9.17, 15) is 0 Å². The number of hydrogen-bond donors (Lipinski definition) is 0. The lowest BCUT2D eigenvalue weighted by Gasteiger charge is -2.50. The zero-order valence-electron chi connectivity index (χ0n) is 35.0. The fourth-order valence-corrected chi connectivity index (χ4v) is 11.3. The summed E-state index contributed by atoms with van der Waals surface area (Å²) in [5.41, 5.74) is 20.5. The summed E-state index contributed by atoms with van der Waals surface area (Å²) < 4.78 is 0. The Morgan fingerprint density at radius 3 is 1.40 bits per heavy atom. The minimum Gasteiger partial charge on any atom is -0.311 e. The molecule has 1 nitrogen and oxygen atoms in total. The zero-order chi connectivity index (χ0) is 41.8. The molecule has 0 radical (unpaired) electrons. The van der Waals surface area contributed by atoms with Crippen LogP contribution in [0.3, 0.4) is 0 Å². The van der Waals surface area contributed by atoms with Gasteiger partial charge >= 0.3 is 0 Å². The van der Waals surface area contributed by atoms with Crippen LogP contribution in [0.2, 0.25) is 0 Å². The molecule has 1 spiro atoms. The third kappa shape index (κ3) is 5.63. The second kappa shape index (κ2) is 15.0. The molecule has 3 aliphatic rings. The lowest BCUT2D eigenvalue weighted by atomic mass is 9.51. The Kier molecular flexibility index (Phi) is 8.83. The van der Waals surface area contributed by atoms with Gasteiger partial charge in [0.1, 0.15) is 0 Å². The van der Waals surface area contributed by atoms with E-state index >= 15 is 0 Å². The quantitative estimate of drug-likeness (QED) is 0.155. The van der Waals surface area contributed by atoms with Gasteiger partial charge in [-0.25, -0.2) is 0 Å². The van der Waals surface area contributed by atoms with Crippen molar-refractivity contribution in [2.24, 2.45) is 0 Å². The van der Waals surface area contributed by atoms with Crippen molar-refractivity contribution in [1.29, 1.82) is 0 Å². The predicted molar refractivity (Wildman–Crippen MR) is 262 cm³/mol. The van der Waals surface area contributed by atoms with E-state index in [-0.39, 0.29) is 0 Å². The summed E-state index contributed by atoms with van der Waals surface area (Å²) in [7, 11) is 0. The highest BCUT2D eigenvalue weighted by atomic mass is 15.1. The van der Waals surface area contributed by atoms with Crippen molar-refractivity contribution in [2.75, 3.05) is 4.90 Å². The Morgan fingerprint density at radius 1 is 0.317 bits per heavy atom. The smallest absolute Gasteiger partial charge is 0.0720 e. The molecule has 0 aromatic heterocycles. The first-order valence-electron chi connectivity index (χ1n) is 22.2. The van der Waals surface area contributed by atoms with Gasteiger partial charge in [0.25, 0.3) is 0 Å². The summed E-state index contributed by atoms with van der Waals surface area (Å²) in [5, 5.41) is 0. The van der Waals surface area contributed by atoms with E-state index in [0.717, 1.165) is 29.9 Å². The minimum absolute atomic E-state index is 0.477. The van der Waals surface area contributed by atoms with E-state index in [4.69, 9.17) is 0 Å². The summed E-state index contributed by atoms with van der Waals surface area (Å²) in [6.07, 6.45) is 9.37. The van der Waals surface area contributed by atoms with Crippen LogP contribution in [0.15, 0.2) is 254 Å². The molecule has 12 rings (SSSR count). The Labute approximate surface area is 370 Å². The largest absolute Gasteiger partial charge is 0.311 e. The standard InChI is InChI=1S/C62H45N/c1-5-22-48(23-6-1)61(49-24-7-2-8-25-49)56-32-15-17-34-58(56)62(59-35-18-16-33-57(59)61)55-31-14-13-30-53(55)54-41-38-47(43-60(54)62)46-21-19-20-45(42-46)44-36-39-52(40-37-44)63(50-26-9-3-10-27-50)51-28-11-4-12-29-51/h1,3-7,9-43H,2,8H2. The second-order valence-corrected chi connectivity index (χ2v) is 17.0. The van der Waals surface area contributed by atoms with Gasteiger partial charge in [-0.1, -0.05) is 200 Å². The molecule has 298 valence electrons. The Hall–Kier alpha value is -7.74. The van der Waals surface area contributed by atoms with E-state index in [1.807, 2.05) is 0 Å². The number of fused-ring (bicyclic) bond motifs is 9. The van der Waals surface area contributed by atoms with E-state index in [0.29, 0.717) is 0 Å². The SMILES string of the molecule is C1=CC(C2(c3ccccc3)c3ccccc3C3(c4ccccc4-c4ccc(-c5cccc(-c6ccc(N(c7ccccc7)c7ccccc7)cc6)c5)cc43)c3ccccc32)=CCC1. The molecule has 63 heavy (non-hydrogen) atoms. The molecule has 0 heterocycles. The van der Waals surface area contributed by atoms with Crippen LogP contribution in [-0.2, 0) is 10.8 Å². The van der Waals surface area contributed by atoms with Crippen LogP contribution >= 0.6 is 0 Å². The first-order chi connectivity index (χ1) is 31.3. The van der Waals surface area contributed by atoms with Gasteiger partial charge in [0.2, 0.25) is 0 Å². The number of allylic oxidation sites excluding steroid dienone is 4. The van der Waals surface area contributed by atoms with Crippen molar-refractivity contribution in [1.82, 2.24) is 0 Å². The van der Waals surface area contributed by atoms with Gasteiger partial charge in [-0.2, -0.15) is 0 Å². The molecule has 0 N–H and O–H groups in total. The first kappa shape index (κ1) is 37.1. The molecule has 0 unspecified atom stereocenters. The fourth-order valence-electron chi connectivity index (χ4n) is 11.3. The molecule has 1 heteroatoms. The van der Waals surface area contributed by atoms with Crippen molar-refractivity contribution in [3.8, 4) is 33.4 Å². The molecular weight excluding hydrogens is 759 g/mol. The van der Waals surface area contributed by atoms with Crippen LogP contribution < -0.4 is 4.90 Å². The zero-order valence-corrected chi connectivity index (χ0v) is 35.0. The van der Waals surface area contributed by atoms with E-state index in [1.54, 1.807) is 0 Å². The summed E-state index contributed by atoms with van der Waals surface area (Å²) in [5.74, 6) is 0. The molecule has 0 fully saturated rings. The topological polar surface area (TPSA) is 3.24 Å². The molecule has 0 saturated heterocycles. The lowest BCUT2D eigenvalue weighted by molar-refractivity contribution is 0.619. The molecule has 9 aromatic carbocycles. The molecule has 0 bridgehead atoms. The summed E-state index contributed by atoms with van der Waals surface area (Å²) in [4.78, 5) is 2.31. The third-order valence-electron chi connectivity index (χ3n) is 13.8. The number of benzene rings is 9. The van der Waals surface area contributed by atoms with Crippen molar-refractivity contribution in [2.45, 2.75) is 23.7 Å². The molecule has 0 atom stereocenters. The highest BCUT2D eigenvalue weighted by molar-refractivity contribution is 5.92. The normalized spacial score (nSPS) is 17.9. The maximum absolute atomic E-state index is 2.51. The number of para-hydroxylation sites is 2. The van der Waals surface area contributed by atoms with Crippen LogP contribution in [0.25, 0.3) is 33.4 Å². The van der Waals surface area contributed by atoms with Gasteiger partial charge in [-0.15, -0.1) is 0 Å². The number of anilines is 3. The van der Waals surface area contributed by atoms with Crippen LogP contribution in [0, 0.1) is 0 Å². The van der Waals surface area contributed by atoms with Gasteiger partial charge in [0, 0.05) is 17.1 Å². The number of rotatable bonds is 7. The minimum atomic E-state index is -0.525. The summed E-state index contributed by atoms with van der Waals surface area (Å²) in [6.45, 7) is 0. The number of hydrogen-bond acceptors (Lipinski definition) is 1. The monoisotopic (exact) mass is 803 g/mol. The molecule has 0 aliphatic heterocycles. The van der Waals surface area contributed by atoms with Gasteiger partial charge in [0.05, 0.1) is 10.8 Å². The average molecular weight is 804 g/mol. The first-order valence-corrected chi connectivity index (χ1v) is 22.2. The fraction of sp³-hybridized carbons (Fsp3) is 0.0645. The Morgan fingerprint density at radius 2 is 0.794 bits per heavy atom. The van der Waals surface area contributed by atoms with Gasteiger partial charge in [0.15, 0.2) is 0 Å². The summed E-state index contributed by atoms with van der Waals surface area (Å²) >= 11 is 0. The van der Waals surface area contributed by atoms with Crippen molar-refractivity contribution < 1.29 is 0 Å². The lowest BCUT2D eigenvalue weighted by Crippen LogP contribution is -2.45. The van der Waals surface area contributed by atoms with Gasteiger partial charge in [-0.3, -0.25) is 0 Å². The molecule has 3 aliphatic carbocycles. The van der Waals surface area contributed by atoms with Crippen LogP contribution in [-0.4, -0.2) is 0 Å². The summed E-state index contributed by atoms with van der Waals surface area (Å²) in [6, 6.07) is 85.6. The van der Waals surface area contributed by atoms with Gasteiger partial charge < -0.3 is 4.90 Å². The highest BCUT2D eigenvalue weighted by Crippen LogP contribution is 2.65. The van der Waals surface area contributed by atoms with E-state index in [1.165, 1.54) is 77.9 Å².